The Kier molecular flexibility index (Phi) is 2.91. The van der Waals surface area contributed by atoms with Gasteiger partial charge in [-0.05, 0) is 19.9 Å². The second-order valence-corrected chi connectivity index (χ2v) is 3.93. The van der Waals surface area contributed by atoms with Gasteiger partial charge in [0.2, 0.25) is 0 Å². The lowest BCUT2D eigenvalue weighted by Gasteiger charge is -2.31. The first kappa shape index (κ1) is 10.0. The number of hydrogen-bond acceptors (Lipinski definition) is 2. The Morgan fingerprint density at radius 2 is 1.92 bits per heavy atom. The number of allylic oxidation sites excluding steroid dienone is 1. The average Bonchev–Trinajstić information content (AvgIpc) is 2.03. The predicted molar refractivity (Wildman–Crippen MR) is 57.5 cm³/mol. The molecule has 2 nitrogen and oxygen atoms in total. The summed E-state index contributed by atoms with van der Waals surface area (Å²) in [7, 11) is 0. The number of amidine groups is 1. The van der Waals surface area contributed by atoms with Gasteiger partial charge in [0.25, 0.3) is 0 Å². The maximum Gasteiger partial charge on any atom is 0.112 e. The van der Waals surface area contributed by atoms with E-state index in [-0.39, 0.29) is 0 Å². The molecule has 0 aromatic carbocycles. The van der Waals surface area contributed by atoms with Gasteiger partial charge in [0.1, 0.15) is 5.84 Å². The van der Waals surface area contributed by atoms with Crippen molar-refractivity contribution in [2.75, 3.05) is 0 Å². The quantitative estimate of drug-likeness (QED) is 0.635. The molecule has 0 aliphatic carbocycles. The fraction of sp³-hybridized carbons (Fsp3) is 0.545. The van der Waals surface area contributed by atoms with Gasteiger partial charge in [-0.3, -0.25) is 0 Å². The molecule has 1 aliphatic heterocycles. The zero-order valence-electron chi connectivity index (χ0n) is 8.91. The van der Waals surface area contributed by atoms with Crippen LogP contribution in [0.3, 0.4) is 0 Å². The third kappa shape index (κ3) is 2.20. The van der Waals surface area contributed by atoms with Crippen LogP contribution in [0, 0.1) is 5.92 Å². The standard InChI is InChI=1S/C11H18N2/c1-8(2)11-12-10(5)6-7-13(11)9(3)4/h6-9H,5H2,1-4H3. The Bertz CT molecular complexity index is 259. The Balaban J connectivity index is 2.91. The molecule has 0 atom stereocenters. The van der Waals surface area contributed by atoms with E-state index >= 15 is 0 Å². The zero-order chi connectivity index (χ0) is 10.0. The van der Waals surface area contributed by atoms with E-state index in [1.165, 1.54) is 0 Å². The molecule has 0 aromatic heterocycles. The van der Waals surface area contributed by atoms with Crippen LogP contribution in [0.1, 0.15) is 27.7 Å². The molecule has 0 radical (unpaired) electrons. The normalized spacial score (nSPS) is 17.2. The highest BCUT2D eigenvalue weighted by Crippen LogP contribution is 2.16. The van der Waals surface area contributed by atoms with Crippen LogP contribution in [0.5, 0.6) is 0 Å². The molecule has 0 bridgehead atoms. The van der Waals surface area contributed by atoms with E-state index in [4.69, 9.17) is 0 Å². The van der Waals surface area contributed by atoms with Crippen LogP contribution in [-0.4, -0.2) is 16.8 Å². The third-order valence-electron chi connectivity index (χ3n) is 2.02. The van der Waals surface area contributed by atoms with E-state index in [0.717, 1.165) is 11.5 Å². The minimum absolute atomic E-state index is 0.448. The molecule has 1 aliphatic rings. The van der Waals surface area contributed by atoms with Crippen molar-refractivity contribution in [3.8, 4) is 0 Å². The average molecular weight is 178 g/mol. The van der Waals surface area contributed by atoms with E-state index in [9.17, 15) is 0 Å². The summed E-state index contributed by atoms with van der Waals surface area (Å²) in [4.78, 5) is 6.64. The molecule has 0 unspecified atom stereocenters. The largest absolute Gasteiger partial charge is 0.334 e. The lowest BCUT2D eigenvalue weighted by Crippen LogP contribution is -2.36. The van der Waals surface area contributed by atoms with Gasteiger partial charge in [-0.25, -0.2) is 4.99 Å². The second kappa shape index (κ2) is 3.77. The first-order valence-corrected chi connectivity index (χ1v) is 4.76. The fourth-order valence-corrected chi connectivity index (χ4v) is 1.35. The summed E-state index contributed by atoms with van der Waals surface area (Å²) in [6.45, 7) is 12.5. The number of nitrogens with zero attached hydrogens (tertiary/aromatic N) is 2. The maximum absolute atomic E-state index is 4.45. The molecule has 0 N–H and O–H groups in total. The molecule has 0 saturated carbocycles. The third-order valence-corrected chi connectivity index (χ3v) is 2.02. The smallest absolute Gasteiger partial charge is 0.112 e. The molecule has 0 fully saturated rings. The Labute approximate surface area is 80.7 Å². The number of aliphatic imine (C=N–C) groups is 1. The van der Waals surface area contributed by atoms with Crippen molar-refractivity contribution >= 4 is 5.84 Å². The van der Waals surface area contributed by atoms with Crippen molar-refractivity contribution in [2.24, 2.45) is 10.9 Å². The topological polar surface area (TPSA) is 15.6 Å². The molecular formula is C11H18N2. The minimum Gasteiger partial charge on any atom is -0.334 e. The Hall–Kier alpha value is -1.05. The SMILES string of the molecule is C=C1C=CN(C(C)C)C(C(C)C)=N1. The molecule has 0 saturated heterocycles. The van der Waals surface area contributed by atoms with Crippen LogP contribution in [-0.2, 0) is 0 Å². The van der Waals surface area contributed by atoms with Gasteiger partial charge in [0, 0.05) is 18.2 Å². The summed E-state index contributed by atoms with van der Waals surface area (Å²) >= 11 is 0. The summed E-state index contributed by atoms with van der Waals surface area (Å²) in [5.74, 6) is 1.56. The minimum atomic E-state index is 0.448. The van der Waals surface area contributed by atoms with E-state index in [0.29, 0.717) is 12.0 Å². The first-order valence-electron chi connectivity index (χ1n) is 4.76. The van der Waals surface area contributed by atoms with Crippen molar-refractivity contribution in [1.29, 1.82) is 0 Å². The summed E-state index contributed by atoms with van der Waals surface area (Å²) in [5.41, 5.74) is 0.848. The van der Waals surface area contributed by atoms with Gasteiger partial charge in [-0.1, -0.05) is 20.4 Å². The molecule has 0 aromatic rings. The Morgan fingerprint density at radius 1 is 1.31 bits per heavy atom. The lowest BCUT2D eigenvalue weighted by molar-refractivity contribution is 0.433. The Morgan fingerprint density at radius 3 is 2.38 bits per heavy atom. The monoisotopic (exact) mass is 178 g/mol. The van der Waals surface area contributed by atoms with Crippen LogP contribution in [0.4, 0.5) is 0 Å². The van der Waals surface area contributed by atoms with Gasteiger partial charge >= 0.3 is 0 Å². The van der Waals surface area contributed by atoms with Gasteiger partial charge < -0.3 is 4.90 Å². The molecule has 72 valence electrons. The zero-order valence-corrected chi connectivity index (χ0v) is 8.91. The van der Waals surface area contributed by atoms with E-state index in [1.807, 2.05) is 6.08 Å². The molecule has 1 heterocycles. The molecular weight excluding hydrogens is 160 g/mol. The van der Waals surface area contributed by atoms with E-state index in [1.54, 1.807) is 0 Å². The van der Waals surface area contributed by atoms with Crippen molar-refractivity contribution in [2.45, 2.75) is 33.7 Å². The summed E-state index contributed by atoms with van der Waals surface area (Å²) in [6, 6.07) is 0.463. The molecule has 0 amide bonds. The summed E-state index contributed by atoms with van der Waals surface area (Å²) in [5, 5.41) is 0. The van der Waals surface area contributed by atoms with Gasteiger partial charge in [-0.2, -0.15) is 0 Å². The van der Waals surface area contributed by atoms with Crippen LogP contribution in [0.15, 0.2) is 29.5 Å². The van der Waals surface area contributed by atoms with Gasteiger partial charge in [0.15, 0.2) is 0 Å². The summed E-state index contributed by atoms with van der Waals surface area (Å²) < 4.78 is 0. The fourth-order valence-electron chi connectivity index (χ4n) is 1.35. The molecule has 2 heteroatoms. The highest BCUT2D eigenvalue weighted by molar-refractivity contribution is 5.87. The predicted octanol–water partition coefficient (Wildman–Crippen LogP) is 2.79. The van der Waals surface area contributed by atoms with Crippen LogP contribution in [0.2, 0.25) is 0 Å². The van der Waals surface area contributed by atoms with Crippen LogP contribution in [0.25, 0.3) is 0 Å². The lowest BCUT2D eigenvalue weighted by atomic mass is 10.1. The number of hydrogen-bond donors (Lipinski definition) is 0. The first-order chi connectivity index (χ1) is 6.02. The number of rotatable bonds is 2. The van der Waals surface area contributed by atoms with Gasteiger partial charge in [0.05, 0.1) is 5.70 Å². The summed E-state index contributed by atoms with van der Waals surface area (Å²) in [6.07, 6.45) is 4.02. The molecule has 0 spiro atoms. The van der Waals surface area contributed by atoms with Crippen molar-refractivity contribution in [3.05, 3.63) is 24.6 Å². The van der Waals surface area contributed by atoms with Crippen LogP contribution >= 0.6 is 0 Å². The van der Waals surface area contributed by atoms with Crippen molar-refractivity contribution in [1.82, 2.24) is 4.90 Å². The van der Waals surface area contributed by atoms with Crippen LogP contribution < -0.4 is 0 Å². The van der Waals surface area contributed by atoms with Gasteiger partial charge in [-0.15, -0.1) is 0 Å². The van der Waals surface area contributed by atoms with E-state index < -0.39 is 0 Å². The molecule has 1 rings (SSSR count). The highest BCUT2D eigenvalue weighted by Gasteiger charge is 2.18. The maximum atomic E-state index is 4.45. The molecule has 13 heavy (non-hydrogen) atoms. The van der Waals surface area contributed by atoms with Crippen molar-refractivity contribution < 1.29 is 0 Å². The highest BCUT2D eigenvalue weighted by atomic mass is 15.2. The second-order valence-electron chi connectivity index (χ2n) is 3.93. The van der Waals surface area contributed by atoms with E-state index in [2.05, 4.69) is 50.4 Å². The van der Waals surface area contributed by atoms with Crippen molar-refractivity contribution in [3.63, 3.8) is 0 Å².